The topological polar surface area (TPSA) is 110 Å². The third-order valence-electron chi connectivity index (χ3n) is 20.9. The van der Waals surface area contributed by atoms with Crippen molar-refractivity contribution >= 4 is 89.3 Å². The van der Waals surface area contributed by atoms with E-state index in [2.05, 4.69) is 141 Å². The molecule has 5 fully saturated rings. The molecule has 8 aliphatic carbocycles. The summed E-state index contributed by atoms with van der Waals surface area (Å²) in [6.45, 7) is 11.5. The molecule has 0 bridgehead atoms. The first-order valence-electron chi connectivity index (χ1n) is 26.7. The fraction of sp³-hybridized carbons (Fsp3) is 0.667. The molecule has 14 heteroatoms. The van der Waals surface area contributed by atoms with E-state index in [9.17, 15) is 14.7 Å². The Kier molecular flexibility index (Phi) is 21.7. The summed E-state index contributed by atoms with van der Waals surface area (Å²) in [6.07, 6.45) is 17.2. The second-order valence-corrected chi connectivity index (χ2v) is 35.6. The average molecular weight is 1510 g/mol. The molecular weight excluding hydrogens is 1420 g/mol. The molecule has 2 aromatic carbocycles. The molecule has 0 aliphatic heterocycles. The van der Waals surface area contributed by atoms with Gasteiger partial charge >= 0.3 is 49.4 Å². The van der Waals surface area contributed by atoms with Gasteiger partial charge in [-0.25, -0.2) is 0 Å². The van der Waals surface area contributed by atoms with Gasteiger partial charge in [0.05, 0.1) is 18.8 Å². The Morgan fingerprint density at radius 1 is 0.676 bits per heavy atom. The number of aldehydes is 1. The van der Waals surface area contributed by atoms with Crippen molar-refractivity contribution in [2.45, 2.75) is 154 Å². The van der Waals surface area contributed by atoms with Crippen molar-refractivity contribution in [3.8, 4) is 0 Å². The number of benzene rings is 2. The third kappa shape index (κ3) is 11.5. The van der Waals surface area contributed by atoms with Gasteiger partial charge in [-0.05, 0) is 156 Å². The van der Waals surface area contributed by atoms with Gasteiger partial charge in [0.2, 0.25) is 0 Å². The van der Waals surface area contributed by atoms with Crippen LogP contribution in [0.4, 0.5) is 0 Å². The van der Waals surface area contributed by atoms with Crippen molar-refractivity contribution in [3.63, 3.8) is 0 Å². The summed E-state index contributed by atoms with van der Waals surface area (Å²) in [5, 5.41) is 12.2. The van der Waals surface area contributed by atoms with Crippen LogP contribution in [0.5, 0.6) is 0 Å². The second-order valence-electron chi connectivity index (χ2n) is 23.8. The molecule has 11 atom stereocenters. The minimum atomic E-state index is -0.881. The number of fused-ring (bicyclic) bond motifs is 8. The summed E-state index contributed by atoms with van der Waals surface area (Å²) in [5.74, 6) is 2.54. The van der Waals surface area contributed by atoms with E-state index in [1.165, 1.54) is 59.1 Å². The van der Waals surface area contributed by atoms with Gasteiger partial charge in [0.1, 0.15) is 6.29 Å². The predicted octanol–water partition coefficient (Wildman–Crippen LogP) is 15.7. The number of rotatable bonds is 12. The zero-order valence-electron chi connectivity index (χ0n) is 45.5. The summed E-state index contributed by atoms with van der Waals surface area (Å²) >= 11 is 8.98. The van der Waals surface area contributed by atoms with Crippen molar-refractivity contribution in [3.05, 3.63) is 105 Å². The molecule has 0 saturated heterocycles. The van der Waals surface area contributed by atoms with Crippen molar-refractivity contribution in [2.75, 3.05) is 55.9 Å². The number of halogens is 4. The summed E-state index contributed by atoms with van der Waals surface area (Å²) in [5.41, 5.74) is 11.4. The monoisotopic (exact) mass is 1510 g/mol. The Balaban J connectivity index is 0.000000202. The van der Waals surface area contributed by atoms with E-state index in [0.717, 1.165) is 88.4 Å². The van der Waals surface area contributed by atoms with E-state index in [1.807, 2.05) is 32.4 Å². The number of ketones is 1. The molecule has 0 aromatic heterocycles. The Morgan fingerprint density at radius 2 is 1.19 bits per heavy atom. The van der Waals surface area contributed by atoms with Gasteiger partial charge in [-0.2, -0.15) is 0 Å². The molecule has 1 N–H and O–H groups in total. The molecule has 0 spiro atoms. The van der Waals surface area contributed by atoms with Gasteiger partial charge in [0.25, 0.3) is 0 Å². The molecule has 74 heavy (non-hydrogen) atoms. The number of carbonyl (C=O) groups is 2. The molecule has 5 saturated carbocycles. The first kappa shape index (κ1) is 61.8. The van der Waals surface area contributed by atoms with Gasteiger partial charge in [-0.3, -0.25) is 9.59 Å². The molecule has 0 amide bonds. The Bertz CT molecular complexity index is 2370. The van der Waals surface area contributed by atoms with E-state index in [0.29, 0.717) is 57.7 Å². The first-order valence-corrected chi connectivity index (χ1v) is 42.0. The van der Waals surface area contributed by atoms with Crippen molar-refractivity contribution in [2.24, 2.45) is 45.3 Å². The molecule has 0 heterocycles. The van der Waals surface area contributed by atoms with Crippen LogP contribution >= 0.6 is 77.2 Å². The fourth-order valence-corrected chi connectivity index (χ4v) is 16.8. The van der Waals surface area contributed by atoms with E-state index in [1.54, 1.807) is 34.0 Å². The van der Waals surface area contributed by atoms with Crippen LogP contribution in [0, 0.1) is 45.3 Å². The van der Waals surface area contributed by atoms with Crippen LogP contribution in [-0.2, 0) is 42.7 Å². The summed E-state index contributed by atoms with van der Waals surface area (Å²) in [6, 6.07) is 17.0. The van der Waals surface area contributed by atoms with E-state index < -0.39 is 11.4 Å². The predicted molar refractivity (Wildman–Crippen MR) is 325 cm³/mol. The van der Waals surface area contributed by atoms with Gasteiger partial charge in [-0.1, -0.05) is 87.4 Å². The van der Waals surface area contributed by atoms with E-state index >= 15 is 0 Å². The first-order chi connectivity index (χ1) is 35.4. The molecule has 8 aliphatic rings. The number of carbonyl (C=O) groups excluding carboxylic acids is 2. The molecule has 409 valence electrons. The number of ether oxygens (including phenoxy) is 6. The number of aliphatic hydroxyl groups is 1. The van der Waals surface area contributed by atoms with Gasteiger partial charge in [-0.15, -0.1) is 0 Å². The number of hydrogen-bond acceptors (Lipinski definition) is 9. The van der Waals surface area contributed by atoms with Crippen molar-refractivity contribution in [1.82, 2.24) is 0 Å². The molecule has 9 nitrogen and oxygen atoms in total. The van der Waals surface area contributed by atoms with Crippen LogP contribution in [0.15, 0.2) is 82.5 Å². The molecule has 0 unspecified atom stereocenters. The van der Waals surface area contributed by atoms with Crippen molar-refractivity contribution < 1.29 is 52.6 Å². The summed E-state index contributed by atoms with van der Waals surface area (Å²) < 4.78 is 34.3. The van der Waals surface area contributed by atoms with Crippen molar-refractivity contribution in [1.29, 1.82) is 0 Å². The number of allylic oxidation sites excluding steroid dienone is 5. The van der Waals surface area contributed by atoms with Crippen LogP contribution in [0.25, 0.3) is 0 Å². The van der Waals surface area contributed by atoms with Crippen LogP contribution < -0.4 is 0 Å². The molecule has 2 aromatic rings. The van der Waals surface area contributed by atoms with E-state index in [-0.39, 0.29) is 33.9 Å². The normalized spacial score (nSPS) is 35.4. The number of hydrogen-bond donors (Lipinski definition) is 1. The Hall–Kier alpha value is 0.224. The molecule has 10 rings (SSSR count). The molecule has 0 radical (unpaired) electrons. The maximum atomic E-state index is 12.2. The SMILES string of the molecule is COC[C@]1(C)CC[C@H]2[C@@H]3CCC4=CC(=O)CCC4=C3[C@@H](c3ccc(C=O)cc3)C[C@@]21C.COC[C@]1(C)CC[C@H]2[C@@H]3CC[C@@]4(O)CC(OC)(OC)CCC4=C3[C@@H](c3ccc(C(OC)OC)cc3)C[C@@]21C.II.[I][V][I]. The zero-order valence-corrected chi connectivity index (χ0v) is 55.5. The molecular formula is C60H82I4O9V. The van der Waals surface area contributed by atoms with Gasteiger partial charge < -0.3 is 33.5 Å². The second kappa shape index (κ2) is 26.0. The van der Waals surface area contributed by atoms with Gasteiger partial charge in [0, 0.05) is 122 Å². The number of methoxy groups -OCH3 is 6. The van der Waals surface area contributed by atoms with Crippen LogP contribution in [-0.4, -0.2) is 84.4 Å². The Morgan fingerprint density at radius 3 is 1.69 bits per heavy atom. The van der Waals surface area contributed by atoms with Crippen LogP contribution in [0.2, 0.25) is 0 Å². The van der Waals surface area contributed by atoms with Crippen LogP contribution in [0.1, 0.15) is 169 Å². The fourth-order valence-electron chi connectivity index (χ4n) is 16.8. The maximum absolute atomic E-state index is 12.2. The standard InChI is InChI=1S/C32H48O6.C28H34O3.I2.2HI.V/c1-29(20-34-3)15-13-25-23-12-16-31(33)19-32(37-6,38-7)17-14-26(31)27(23)24(18-30(25,29)2)21-8-10-22(11-9-21)28(35-4)36-5;1-27(17-31-3)13-12-25-23-10-8-20-14-21(30)9-11-22(20)26(23)24(15-28(25,27)2)19-6-4-18(16-29)5-7-19;1-2;;;/h8-11,23-25,28,33H,12-20H2,1-7H3;4-7,14,16,23-25H,8-13,15,17H2,1-3H3;;2*1H;/q;;;;;+2/p-2/t23-,24+,25-,29-,30-,31+;23-,24+,25-,27-,28-;;;;/m00..../s1. The van der Waals surface area contributed by atoms with Crippen LogP contribution in [0.3, 0.4) is 0 Å². The Labute approximate surface area is 495 Å². The summed E-state index contributed by atoms with van der Waals surface area (Å²) in [4.78, 5) is 23.4. The van der Waals surface area contributed by atoms with E-state index in [4.69, 9.17) is 28.4 Å². The minimum absolute atomic E-state index is 0.138. The quantitative estimate of drug-likeness (QED) is 0.0961. The third-order valence-corrected chi connectivity index (χ3v) is 20.9. The van der Waals surface area contributed by atoms with Gasteiger partial charge in [0.15, 0.2) is 17.9 Å². The zero-order chi connectivity index (χ0) is 53.9. The average Bonchev–Trinajstić information content (AvgIpc) is 3.83. The summed E-state index contributed by atoms with van der Waals surface area (Å²) in [7, 11) is 11.1.